The van der Waals surface area contributed by atoms with Gasteiger partial charge in [-0.3, -0.25) is 4.79 Å². The average molecular weight is 270 g/mol. The van der Waals surface area contributed by atoms with E-state index in [-0.39, 0.29) is 18.0 Å². The number of carbonyl (C=O) groups excluding carboxylic acids is 1. The molecule has 2 unspecified atom stereocenters. The molecule has 0 spiro atoms. The molecule has 0 saturated heterocycles. The number of hydrogen-bond donors (Lipinski definition) is 1. The van der Waals surface area contributed by atoms with Gasteiger partial charge in [-0.05, 0) is 19.3 Å². The second-order valence-corrected chi connectivity index (χ2v) is 6.10. The summed E-state index contributed by atoms with van der Waals surface area (Å²) in [5.41, 5.74) is 0. The smallest absolute Gasteiger partial charge is 0.308 e. The maximum atomic E-state index is 11.7. The maximum absolute atomic E-state index is 11.7. The molecule has 0 aliphatic heterocycles. The van der Waals surface area contributed by atoms with Gasteiger partial charge in [0.2, 0.25) is 0 Å². The molecule has 1 N–H and O–H groups in total. The lowest BCUT2D eigenvalue weighted by Crippen LogP contribution is -2.33. The third-order valence-electron chi connectivity index (χ3n) is 3.91. The minimum atomic E-state index is -0.484. The van der Waals surface area contributed by atoms with Crippen molar-refractivity contribution in [3.8, 4) is 0 Å². The summed E-state index contributed by atoms with van der Waals surface area (Å²) >= 11 is 0. The van der Waals surface area contributed by atoms with E-state index in [0.29, 0.717) is 0 Å². The van der Waals surface area contributed by atoms with Crippen LogP contribution in [-0.4, -0.2) is 23.3 Å². The number of hydrogen-bond acceptors (Lipinski definition) is 3. The van der Waals surface area contributed by atoms with Gasteiger partial charge in [0.1, 0.15) is 6.10 Å². The van der Waals surface area contributed by atoms with Crippen molar-refractivity contribution in [3.63, 3.8) is 0 Å². The number of esters is 1. The van der Waals surface area contributed by atoms with Gasteiger partial charge in [-0.2, -0.15) is 0 Å². The van der Waals surface area contributed by atoms with Crippen LogP contribution in [0.4, 0.5) is 0 Å². The summed E-state index contributed by atoms with van der Waals surface area (Å²) < 4.78 is 5.48. The molecule has 1 fully saturated rings. The molecule has 1 aliphatic rings. The zero-order chi connectivity index (χ0) is 14.1. The van der Waals surface area contributed by atoms with Gasteiger partial charge in [0.05, 0.1) is 12.0 Å². The van der Waals surface area contributed by atoms with E-state index < -0.39 is 6.10 Å². The quantitative estimate of drug-likeness (QED) is 0.776. The van der Waals surface area contributed by atoms with E-state index in [1.54, 1.807) is 0 Å². The monoisotopic (exact) mass is 270 g/mol. The van der Waals surface area contributed by atoms with E-state index in [1.165, 1.54) is 38.5 Å². The van der Waals surface area contributed by atoms with E-state index in [0.717, 1.165) is 25.7 Å². The van der Waals surface area contributed by atoms with Crippen LogP contribution in [-0.2, 0) is 9.53 Å². The topological polar surface area (TPSA) is 46.5 Å². The summed E-state index contributed by atoms with van der Waals surface area (Å²) in [6.45, 7) is 3.67. The zero-order valence-electron chi connectivity index (χ0n) is 12.6. The van der Waals surface area contributed by atoms with E-state index in [4.69, 9.17) is 4.74 Å². The van der Waals surface area contributed by atoms with Gasteiger partial charge in [-0.15, -0.1) is 0 Å². The van der Waals surface area contributed by atoms with Gasteiger partial charge >= 0.3 is 5.97 Å². The van der Waals surface area contributed by atoms with Crippen molar-refractivity contribution in [1.82, 2.24) is 0 Å². The average Bonchev–Trinajstić information content (AvgIpc) is 2.37. The number of aliphatic hydroxyl groups is 1. The van der Waals surface area contributed by atoms with Gasteiger partial charge in [-0.25, -0.2) is 0 Å². The van der Waals surface area contributed by atoms with Crippen molar-refractivity contribution in [2.45, 2.75) is 90.3 Å². The summed E-state index contributed by atoms with van der Waals surface area (Å²) in [6.07, 6.45) is 10.4. The molecule has 2 atom stereocenters. The first kappa shape index (κ1) is 16.5. The van der Waals surface area contributed by atoms with Crippen molar-refractivity contribution in [3.05, 3.63) is 0 Å². The minimum absolute atomic E-state index is 0.117. The first-order valence-corrected chi connectivity index (χ1v) is 8.00. The zero-order valence-corrected chi connectivity index (χ0v) is 12.6. The molecule has 0 aromatic carbocycles. The first-order valence-electron chi connectivity index (χ1n) is 8.00. The molecule has 0 aromatic rings. The van der Waals surface area contributed by atoms with Gasteiger partial charge in [0, 0.05) is 0 Å². The number of rotatable bonds is 2. The Morgan fingerprint density at radius 1 is 0.947 bits per heavy atom. The normalized spacial score (nSPS) is 27.4. The van der Waals surface area contributed by atoms with E-state index in [2.05, 4.69) is 0 Å². The summed E-state index contributed by atoms with van der Waals surface area (Å²) in [5, 5.41) is 10.2. The Kier molecular flexibility index (Phi) is 8.11. The van der Waals surface area contributed by atoms with Crippen molar-refractivity contribution < 1.29 is 14.6 Å². The third kappa shape index (κ3) is 6.95. The molecule has 0 aromatic heterocycles. The van der Waals surface area contributed by atoms with Gasteiger partial charge in [0.15, 0.2) is 0 Å². The Bertz CT molecular complexity index is 250. The molecule has 1 aliphatic carbocycles. The lowest BCUT2D eigenvalue weighted by atomic mass is 9.97. The summed E-state index contributed by atoms with van der Waals surface area (Å²) in [7, 11) is 0. The minimum Gasteiger partial charge on any atom is -0.459 e. The Labute approximate surface area is 117 Å². The Balaban J connectivity index is 2.48. The molecule has 0 radical (unpaired) electrons. The molecule has 3 heteroatoms. The summed E-state index contributed by atoms with van der Waals surface area (Å²) in [5.74, 6) is -0.301. The first-order chi connectivity index (χ1) is 9.11. The van der Waals surface area contributed by atoms with Crippen LogP contribution in [0.3, 0.4) is 0 Å². The van der Waals surface area contributed by atoms with E-state index in [1.807, 2.05) is 13.8 Å². The number of carbonyl (C=O) groups is 1. The standard InChI is InChI=1S/C16H30O3/c1-13(2)16(18)19-15-12-10-8-6-4-3-5-7-9-11-14(15)17/h13-15,17H,3-12H2,1-2H3. The maximum Gasteiger partial charge on any atom is 0.308 e. The van der Waals surface area contributed by atoms with Crippen LogP contribution in [0.1, 0.15) is 78.1 Å². The van der Waals surface area contributed by atoms with E-state index >= 15 is 0 Å². The summed E-state index contributed by atoms with van der Waals surface area (Å²) in [4.78, 5) is 11.7. The molecular formula is C16H30O3. The fourth-order valence-electron chi connectivity index (χ4n) is 2.56. The molecular weight excluding hydrogens is 240 g/mol. The molecule has 112 valence electrons. The fraction of sp³-hybridized carbons (Fsp3) is 0.938. The molecule has 1 saturated carbocycles. The lowest BCUT2D eigenvalue weighted by Gasteiger charge is -2.24. The predicted molar refractivity (Wildman–Crippen MR) is 76.9 cm³/mol. The van der Waals surface area contributed by atoms with Crippen LogP contribution < -0.4 is 0 Å². The molecule has 0 bridgehead atoms. The SMILES string of the molecule is CC(C)C(=O)OC1CCCCCCCCCCC1O. The third-order valence-corrected chi connectivity index (χ3v) is 3.91. The van der Waals surface area contributed by atoms with Crippen molar-refractivity contribution >= 4 is 5.97 Å². The lowest BCUT2D eigenvalue weighted by molar-refractivity contribution is -0.159. The van der Waals surface area contributed by atoms with Crippen molar-refractivity contribution in [2.75, 3.05) is 0 Å². The van der Waals surface area contributed by atoms with Crippen LogP contribution in [0, 0.1) is 5.92 Å². The van der Waals surface area contributed by atoms with E-state index in [9.17, 15) is 9.90 Å². The van der Waals surface area contributed by atoms with Crippen molar-refractivity contribution in [2.24, 2.45) is 5.92 Å². The van der Waals surface area contributed by atoms with Crippen LogP contribution in [0.5, 0.6) is 0 Å². The highest BCUT2D eigenvalue weighted by Gasteiger charge is 2.24. The molecule has 0 amide bonds. The van der Waals surface area contributed by atoms with Crippen LogP contribution in [0.25, 0.3) is 0 Å². The van der Waals surface area contributed by atoms with Gasteiger partial charge < -0.3 is 9.84 Å². The Morgan fingerprint density at radius 2 is 1.42 bits per heavy atom. The molecule has 3 nitrogen and oxygen atoms in total. The molecule has 1 rings (SSSR count). The van der Waals surface area contributed by atoms with Gasteiger partial charge in [0.25, 0.3) is 0 Å². The Hall–Kier alpha value is -0.570. The summed E-state index contributed by atoms with van der Waals surface area (Å²) in [6, 6.07) is 0. The Morgan fingerprint density at radius 3 is 1.95 bits per heavy atom. The second kappa shape index (κ2) is 9.35. The largest absolute Gasteiger partial charge is 0.459 e. The van der Waals surface area contributed by atoms with Gasteiger partial charge in [-0.1, -0.05) is 58.8 Å². The second-order valence-electron chi connectivity index (χ2n) is 6.10. The highest BCUT2D eigenvalue weighted by atomic mass is 16.6. The highest BCUT2D eigenvalue weighted by molar-refractivity contribution is 5.71. The molecule has 19 heavy (non-hydrogen) atoms. The number of aliphatic hydroxyl groups excluding tert-OH is 1. The highest BCUT2D eigenvalue weighted by Crippen LogP contribution is 2.20. The van der Waals surface area contributed by atoms with Crippen molar-refractivity contribution in [1.29, 1.82) is 0 Å². The number of ether oxygens (including phenoxy) is 1. The van der Waals surface area contributed by atoms with Crippen LogP contribution >= 0.6 is 0 Å². The predicted octanol–water partition coefficient (Wildman–Crippen LogP) is 3.83. The van der Waals surface area contributed by atoms with Crippen LogP contribution in [0.2, 0.25) is 0 Å². The fourth-order valence-corrected chi connectivity index (χ4v) is 2.56. The molecule has 0 heterocycles. The van der Waals surface area contributed by atoms with Crippen LogP contribution in [0.15, 0.2) is 0 Å².